The molecule has 2 N–H and O–H groups in total. The normalized spacial score (nSPS) is 12.3. The molecule has 0 saturated carbocycles. The van der Waals surface area contributed by atoms with E-state index in [1.54, 1.807) is 46.1 Å². The van der Waals surface area contributed by atoms with Gasteiger partial charge in [0.05, 0.1) is 19.9 Å². The lowest BCUT2D eigenvalue weighted by molar-refractivity contribution is -0.118. The van der Waals surface area contributed by atoms with Crippen LogP contribution in [0.3, 0.4) is 0 Å². The van der Waals surface area contributed by atoms with E-state index in [9.17, 15) is 9.59 Å². The van der Waals surface area contributed by atoms with E-state index in [1.165, 1.54) is 7.11 Å². The number of ether oxygens (including phenoxy) is 3. The van der Waals surface area contributed by atoms with Gasteiger partial charge in [-0.1, -0.05) is 13.8 Å². The van der Waals surface area contributed by atoms with Crippen LogP contribution in [0.15, 0.2) is 18.2 Å². The van der Waals surface area contributed by atoms with E-state index >= 15 is 0 Å². The summed E-state index contributed by atoms with van der Waals surface area (Å²) in [4.78, 5) is 24.8. The van der Waals surface area contributed by atoms with Gasteiger partial charge in [-0.15, -0.1) is 0 Å². The van der Waals surface area contributed by atoms with Crippen LogP contribution < -0.4 is 20.1 Å². The third kappa shape index (κ3) is 7.21. The number of benzene rings is 1. The van der Waals surface area contributed by atoms with Crippen LogP contribution in [0.25, 0.3) is 0 Å². The zero-order valence-corrected chi connectivity index (χ0v) is 16.6. The Labute approximate surface area is 155 Å². The second kappa shape index (κ2) is 9.31. The van der Waals surface area contributed by atoms with Crippen molar-refractivity contribution in [3.63, 3.8) is 0 Å². The minimum Gasteiger partial charge on any atom is -0.497 e. The molecule has 0 saturated heterocycles. The van der Waals surface area contributed by atoms with Gasteiger partial charge in [-0.25, -0.2) is 4.79 Å². The van der Waals surface area contributed by atoms with Crippen molar-refractivity contribution in [1.29, 1.82) is 0 Å². The molecule has 0 spiro atoms. The van der Waals surface area contributed by atoms with Crippen LogP contribution in [0.2, 0.25) is 0 Å². The molecule has 0 bridgehead atoms. The molecule has 1 aromatic rings. The number of anilines is 1. The van der Waals surface area contributed by atoms with E-state index in [2.05, 4.69) is 10.6 Å². The third-order valence-corrected chi connectivity index (χ3v) is 3.38. The number of carbonyl (C=O) groups is 2. The Morgan fingerprint density at radius 2 is 1.77 bits per heavy atom. The van der Waals surface area contributed by atoms with Crippen LogP contribution in [-0.2, 0) is 9.53 Å². The summed E-state index contributed by atoms with van der Waals surface area (Å²) in [7, 11) is 3.06. The second-order valence-electron chi connectivity index (χ2n) is 7.38. The maximum atomic E-state index is 12.7. The van der Waals surface area contributed by atoms with Gasteiger partial charge in [-0.05, 0) is 45.2 Å². The van der Waals surface area contributed by atoms with Crippen LogP contribution in [0, 0.1) is 5.92 Å². The number of hydrogen-bond acceptors (Lipinski definition) is 5. The van der Waals surface area contributed by atoms with Crippen molar-refractivity contribution in [2.45, 2.75) is 52.7 Å². The monoisotopic (exact) mass is 366 g/mol. The van der Waals surface area contributed by atoms with E-state index in [0.717, 1.165) is 0 Å². The fraction of sp³-hybridized carbons (Fsp3) is 0.579. The fourth-order valence-electron chi connectivity index (χ4n) is 2.28. The molecule has 0 heterocycles. The molecule has 1 aromatic carbocycles. The van der Waals surface area contributed by atoms with Gasteiger partial charge in [0, 0.05) is 6.07 Å². The Balaban J connectivity index is 2.94. The predicted molar refractivity (Wildman–Crippen MR) is 101 cm³/mol. The van der Waals surface area contributed by atoms with E-state index in [-0.39, 0.29) is 11.8 Å². The summed E-state index contributed by atoms with van der Waals surface area (Å²) in [6, 6.07) is 4.36. The number of alkyl carbamates (subject to hydrolysis) is 1. The van der Waals surface area contributed by atoms with E-state index in [1.807, 2.05) is 13.8 Å². The minimum atomic E-state index is -0.735. The Morgan fingerprint density at radius 3 is 2.27 bits per heavy atom. The molecule has 2 amide bonds. The first-order valence-corrected chi connectivity index (χ1v) is 8.58. The van der Waals surface area contributed by atoms with Crippen molar-refractivity contribution >= 4 is 17.7 Å². The number of nitrogens with one attached hydrogen (secondary N) is 2. The standard InChI is InChI=1S/C19H30N2O5/c1-12(2)10-15(21-18(23)26-19(3,4)5)17(22)20-14-11-13(24-6)8-9-16(14)25-7/h8-9,11-12,15H,10H2,1-7H3,(H,20,22)(H,21,23). The summed E-state index contributed by atoms with van der Waals surface area (Å²) in [6.07, 6.45) is -0.159. The summed E-state index contributed by atoms with van der Waals surface area (Å²) in [5, 5.41) is 5.44. The molecule has 146 valence electrons. The smallest absolute Gasteiger partial charge is 0.408 e. The Kier molecular flexibility index (Phi) is 7.74. The minimum absolute atomic E-state index is 0.202. The largest absolute Gasteiger partial charge is 0.497 e. The van der Waals surface area contributed by atoms with Gasteiger partial charge >= 0.3 is 6.09 Å². The summed E-state index contributed by atoms with van der Waals surface area (Å²) in [5.74, 6) is 0.935. The van der Waals surface area contributed by atoms with Gasteiger partial charge in [-0.2, -0.15) is 0 Å². The lowest BCUT2D eigenvalue weighted by Gasteiger charge is -2.24. The first kappa shape index (κ1) is 21.6. The first-order valence-electron chi connectivity index (χ1n) is 8.58. The number of methoxy groups -OCH3 is 2. The van der Waals surface area contributed by atoms with Crippen molar-refractivity contribution in [2.24, 2.45) is 5.92 Å². The van der Waals surface area contributed by atoms with Gasteiger partial charge in [0.2, 0.25) is 5.91 Å². The quantitative estimate of drug-likeness (QED) is 0.770. The molecule has 1 rings (SSSR count). The summed E-state index contributed by atoms with van der Waals surface area (Å²) in [5.41, 5.74) is -0.171. The van der Waals surface area contributed by atoms with Crippen molar-refractivity contribution in [2.75, 3.05) is 19.5 Å². The highest BCUT2D eigenvalue weighted by molar-refractivity contribution is 5.97. The Morgan fingerprint density at radius 1 is 1.12 bits per heavy atom. The molecule has 0 aromatic heterocycles. The molecule has 0 fully saturated rings. The number of carbonyl (C=O) groups excluding carboxylic acids is 2. The molecular formula is C19H30N2O5. The van der Waals surface area contributed by atoms with Crippen LogP contribution >= 0.6 is 0 Å². The zero-order valence-electron chi connectivity index (χ0n) is 16.6. The Bertz CT molecular complexity index is 623. The van der Waals surface area contributed by atoms with Gasteiger partial charge < -0.3 is 24.8 Å². The highest BCUT2D eigenvalue weighted by Gasteiger charge is 2.26. The van der Waals surface area contributed by atoms with E-state index in [0.29, 0.717) is 23.6 Å². The third-order valence-electron chi connectivity index (χ3n) is 3.38. The molecule has 7 heteroatoms. The molecule has 1 atom stereocenters. The highest BCUT2D eigenvalue weighted by Crippen LogP contribution is 2.29. The van der Waals surface area contributed by atoms with Gasteiger partial charge in [-0.3, -0.25) is 4.79 Å². The molecule has 1 unspecified atom stereocenters. The maximum Gasteiger partial charge on any atom is 0.408 e. The van der Waals surface area contributed by atoms with Crippen molar-refractivity contribution < 1.29 is 23.8 Å². The van der Waals surface area contributed by atoms with Gasteiger partial charge in [0.25, 0.3) is 0 Å². The molecule has 0 aliphatic rings. The lowest BCUT2D eigenvalue weighted by Crippen LogP contribution is -2.46. The summed E-state index contributed by atoms with van der Waals surface area (Å²) in [6.45, 7) is 9.26. The number of amides is 2. The van der Waals surface area contributed by atoms with E-state index < -0.39 is 17.7 Å². The van der Waals surface area contributed by atoms with Crippen molar-refractivity contribution in [3.05, 3.63) is 18.2 Å². The topological polar surface area (TPSA) is 85.9 Å². The zero-order chi connectivity index (χ0) is 19.9. The van der Waals surface area contributed by atoms with Gasteiger partial charge in [0.15, 0.2) is 0 Å². The Hall–Kier alpha value is -2.44. The van der Waals surface area contributed by atoms with Crippen molar-refractivity contribution in [3.8, 4) is 11.5 Å². The fourth-order valence-corrected chi connectivity index (χ4v) is 2.28. The van der Waals surface area contributed by atoms with Crippen molar-refractivity contribution in [1.82, 2.24) is 5.32 Å². The predicted octanol–water partition coefficient (Wildman–Crippen LogP) is 3.58. The van der Waals surface area contributed by atoms with Crippen LogP contribution in [0.5, 0.6) is 11.5 Å². The average molecular weight is 366 g/mol. The molecule has 0 aliphatic carbocycles. The molecule has 7 nitrogen and oxygen atoms in total. The summed E-state index contributed by atoms with van der Waals surface area (Å²) < 4.78 is 15.7. The molecule has 26 heavy (non-hydrogen) atoms. The van der Waals surface area contributed by atoms with Crippen LogP contribution in [0.1, 0.15) is 41.0 Å². The number of hydrogen-bond donors (Lipinski definition) is 2. The highest BCUT2D eigenvalue weighted by atomic mass is 16.6. The average Bonchev–Trinajstić information content (AvgIpc) is 2.51. The van der Waals surface area contributed by atoms with E-state index in [4.69, 9.17) is 14.2 Å². The molecule has 0 aliphatic heterocycles. The molecular weight excluding hydrogens is 336 g/mol. The SMILES string of the molecule is COc1ccc(OC)c(NC(=O)C(CC(C)C)NC(=O)OC(C)(C)C)c1. The van der Waals surface area contributed by atoms with Crippen LogP contribution in [0.4, 0.5) is 10.5 Å². The lowest BCUT2D eigenvalue weighted by atomic mass is 10.0. The maximum absolute atomic E-state index is 12.7. The summed E-state index contributed by atoms with van der Waals surface area (Å²) >= 11 is 0. The first-order chi connectivity index (χ1) is 12.1. The van der Waals surface area contributed by atoms with Crippen LogP contribution in [-0.4, -0.2) is 37.9 Å². The molecule has 0 radical (unpaired) electrons. The van der Waals surface area contributed by atoms with Gasteiger partial charge in [0.1, 0.15) is 23.1 Å². The number of rotatable bonds is 7. The second-order valence-corrected chi connectivity index (χ2v) is 7.38.